The molecule has 1 aromatic carbocycles. The molecule has 0 aliphatic carbocycles. The highest BCUT2D eigenvalue weighted by Crippen LogP contribution is 2.27. The summed E-state index contributed by atoms with van der Waals surface area (Å²) in [5.74, 6) is 0. The number of aryl methyl sites for hydroxylation is 2. The molecule has 0 bridgehead atoms. The third-order valence-electron chi connectivity index (χ3n) is 3.47. The number of aromatic nitrogens is 2. The molecule has 18 heavy (non-hydrogen) atoms. The largest absolute Gasteiger partial charge is 0.360 e. The number of fused-ring (bicyclic) bond motifs is 1. The number of hydrogen-bond acceptors (Lipinski definition) is 1. The van der Waals surface area contributed by atoms with E-state index >= 15 is 0 Å². The highest BCUT2D eigenvalue weighted by atomic mass is 14.7. The standard InChI is InChI=1S/C16H16N2/c1-3-12-9-17-16(8-11(12)2)14-10-18-15-7-5-4-6-13(14)15/h4-10,18H,3H2,1-2H3. The maximum Gasteiger partial charge on any atom is 0.0726 e. The van der Waals surface area contributed by atoms with Crippen molar-refractivity contribution in [1.82, 2.24) is 9.97 Å². The second kappa shape index (κ2) is 4.30. The fourth-order valence-electron chi connectivity index (χ4n) is 2.39. The maximum atomic E-state index is 4.58. The molecule has 0 saturated carbocycles. The quantitative estimate of drug-likeness (QED) is 0.713. The van der Waals surface area contributed by atoms with Crippen LogP contribution in [0.2, 0.25) is 0 Å². The molecular formula is C16H16N2. The van der Waals surface area contributed by atoms with E-state index in [0.29, 0.717) is 0 Å². The molecule has 0 aliphatic heterocycles. The van der Waals surface area contributed by atoms with Crippen molar-refractivity contribution in [2.45, 2.75) is 20.3 Å². The first-order chi connectivity index (χ1) is 8.79. The molecule has 2 aromatic heterocycles. The molecule has 2 heterocycles. The summed E-state index contributed by atoms with van der Waals surface area (Å²) in [6, 6.07) is 10.5. The normalized spacial score (nSPS) is 11.0. The minimum absolute atomic E-state index is 1.03. The zero-order valence-corrected chi connectivity index (χ0v) is 10.7. The molecule has 0 aliphatic rings. The Morgan fingerprint density at radius 3 is 2.83 bits per heavy atom. The highest BCUT2D eigenvalue weighted by molar-refractivity contribution is 5.94. The highest BCUT2D eigenvalue weighted by Gasteiger charge is 2.07. The Labute approximate surface area is 107 Å². The van der Waals surface area contributed by atoms with E-state index < -0.39 is 0 Å². The van der Waals surface area contributed by atoms with Gasteiger partial charge in [0.05, 0.1) is 5.69 Å². The van der Waals surface area contributed by atoms with Gasteiger partial charge in [0.1, 0.15) is 0 Å². The lowest BCUT2D eigenvalue weighted by Gasteiger charge is -2.05. The zero-order chi connectivity index (χ0) is 12.5. The average Bonchev–Trinajstić information content (AvgIpc) is 2.82. The van der Waals surface area contributed by atoms with Gasteiger partial charge in [0.15, 0.2) is 0 Å². The first-order valence-corrected chi connectivity index (χ1v) is 6.31. The topological polar surface area (TPSA) is 28.7 Å². The number of H-pyrrole nitrogens is 1. The zero-order valence-electron chi connectivity index (χ0n) is 10.7. The molecule has 0 fully saturated rings. The summed E-state index contributed by atoms with van der Waals surface area (Å²) >= 11 is 0. The van der Waals surface area contributed by atoms with E-state index in [1.54, 1.807) is 0 Å². The van der Waals surface area contributed by atoms with Crippen molar-refractivity contribution in [3.05, 3.63) is 53.9 Å². The SMILES string of the molecule is CCc1cnc(-c2c[nH]c3ccccc23)cc1C. The van der Waals surface area contributed by atoms with Crippen LogP contribution < -0.4 is 0 Å². The van der Waals surface area contributed by atoms with Crippen LogP contribution in [0.4, 0.5) is 0 Å². The Hall–Kier alpha value is -2.09. The number of hydrogen-bond donors (Lipinski definition) is 1. The van der Waals surface area contributed by atoms with E-state index in [2.05, 4.69) is 48.1 Å². The van der Waals surface area contributed by atoms with Crippen LogP contribution in [0.15, 0.2) is 42.7 Å². The van der Waals surface area contributed by atoms with Crippen LogP contribution >= 0.6 is 0 Å². The van der Waals surface area contributed by atoms with Crippen LogP contribution in [0.5, 0.6) is 0 Å². The van der Waals surface area contributed by atoms with Crippen molar-refractivity contribution in [3.63, 3.8) is 0 Å². The first kappa shape index (κ1) is 11.0. The van der Waals surface area contributed by atoms with Gasteiger partial charge in [-0.2, -0.15) is 0 Å². The lowest BCUT2D eigenvalue weighted by molar-refractivity contribution is 1.08. The van der Waals surface area contributed by atoms with Crippen molar-refractivity contribution in [2.75, 3.05) is 0 Å². The van der Waals surface area contributed by atoms with Gasteiger partial charge >= 0.3 is 0 Å². The Bertz CT molecular complexity index is 695. The second-order valence-electron chi connectivity index (χ2n) is 4.60. The molecule has 2 nitrogen and oxygen atoms in total. The van der Waals surface area contributed by atoms with E-state index in [1.807, 2.05) is 18.5 Å². The predicted octanol–water partition coefficient (Wildman–Crippen LogP) is 4.10. The molecule has 3 aromatic rings. The Balaban J connectivity index is 2.17. The molecular weight excluding hydrogens is 220 g/mol. The number of pyridine rings is 1. The number of rotatable bonds is 2. The van der Waals surface area contributed by atoms with Gasteiger partial charge in [0.25, 0.3) is 0 Å². The van der Waals surface area contributed by atoms with E-state index in [9.17, 15) is 0 Å². The molecule has 0 amide bonds. The Morgan fingerprint density at radius 1 is 1.22 bits per heavy atom. The van der Waals surface area contributed by atoms with Crippen LogP contribution in [0, 0.1) is 6.92 Å². The second-order valence-corrected chi connectivity index (χ2v) is 4.60. The molecule has 0 radical (unpaired) electrons. The lowest BCUT2D eigenvalue weighted by Crippen LogP contribution is -1.91. The van der Waals surface area contributed by atoms with Crippen LogP contribution in [0.1, 0.15) is 18.1 Å². The van der Waals surface area contributed by atoms with Gasteiger partial charge < -0.3 is 4.98 Å². The fourth-order valence-corrected chi connectivity index (χ4v) is 2.39. The van der Waals surface area contributed by atoms with Crippen molar-refractivity contribution in [3.8, 4) is 11.3 Å². The van der Waals surface area contributed by atoms with Crippen molar-refractivity contribution in [1.29, 1.82) is 0 Å². The van der Waals surface area contributed by atoms with Crippen LogP contribution in [0.3, 0.4) is 0 Å². The number of aromatic amines is 1. The smallest absolute Gasteiger partial charge is 0.0726 e. The van der Waals surface area contributed by atoms with E-state index in [1.165, 1.54) is 22.1 Å². The number of nitrogens with one attached hydrogen (secondary N) is 1. The van der Waals surface area contributed by atoms with Gasteiger partial charge in [0.2, 0.25) is 0 Å². The summed E-state index contributed by atoms with van der Waals surface area (Å²) in [7, 11) is 0. The van der Waals surface area contributed by atoms with Crippen molar-refractivity contribution < 1.29 is 0 Å². The van der Waals surface area contributed by atoms with E-state index in [-0.39, 0.29) is 0 Å². The summed E-state index contributed by atoms with van der Waals surface area (Å²) in [6.45, 7) is 4.31. The van der Waals surface area contributed by atoms with E-state index in [4.69, 9.17) is 0 Å². The minimum atomic E-state index is 1.03. The van der Waals surface area contributed by atoms with Gasteiger partial charge in [-0.15, -0.1) is 0 Å². The predicted molar refractivity (Wildman–Crippen MR) is 75.6 cm³/mol. The lowest BCUT2D eigenvalue weighted by atomic mass is 10.0. The van der Waals surface area contributed by atoms with Crippen LogP contribution in [-0.4, -0.2) is 9.97 Å². The van der Waals surface area contributed by atoms with Gasteiger partial charge in [0, 0.05) is 28.9 Å². The Kier molecular flexibility index (Phi) is 2.63. The van der Waals surface area contributed by atoms with Crippen molar-refractivity contribution in [2.24, 2.45) is 0 Å². The summed E-state index contributed by atoms with van der Waals surface area (Å²) in [5.41, 5.74) is 6.01. The molecule has 0 atom stereocenters. The van der Waals surface area contributed by atoms with E-state index in [0.717, 1.165) is 17.6 Å². The Morgan fingerprint density at radius 2 is 2.06 bits per heavy atom. The van der Waals surface area contributed by atoms with Gasteiger partial charge in [-0.25, -0.2) is 0 Å². The van der Waals surface area contributed by atoms with Crippen LogP contribution in [-0.2, 0) is 6.42 Å². The summed E-state index contributed by atoms with van der Waals surface area (Å²) in [4.78, 5) is 7.88. The minimum Gasteiger partial charge on any atom is -0.360 e. The third-order valence-corrected chi connectivity index (χ3v) is 3.47. The monoisotopic (exact) mass is 236 g/mol. The summed E-state index contributed by atoms with van der Waals surface area (Å²) in [5, 5.41) is 1.23. The number of benzene rings is 1. The molecule has 0 unspecified atom stereocenters. The third kappa shape index (κ3) is 1.70. The molecule has 1 N–H and O–H groups in total. The van der Waals surface area contributed by atoms with Gasteiger partial charge in [-0.05, 0) is 36.6 Å². The van der Waals surface area contributed by atoms with Crippen molar-refractivity contribution >= 4 is 10.9 Å². The number of para-hydroxylation sites is 1. The molecule has 0 saturated heterocycles. The molecule has 3 rings (SSSR count). The maximum absolute atomic E-state index is 4.58. The number of nitrogens with zero attached hydrogens (tertiary/aromatic N) is 1. The van der Waals surface area contributed by atoms with Gasteiger partial charge in [-0.1, -0.05) is 25.1 Å². The van der Waals surface area contributed by atoms with Gasteiger partial charge in [-0.3, -0.25) is 4.98 Å². The summed E-state index contributed by atoms with van der Waals surface area (Å²) < 4.78 is 0. The molecule has 0 spiro atoms. The average molecular weight is 236 g/mol. The molecule has 2 heteroatoms. The first-order valence-electron chi connectivity index (χ1n) is 6.31. The summed E-state index contributed by atoms with van der Waals surface area (Å²) in [6.07, 6.45) is 5.07. The fraction of sp³-hybridized carbons (Fsp3) is 0.188. The molecule has 90 valence electrons. The van der Waals surface area contributed by atoms with Crippen LogP contribution in [0.25, 0.3) is 22.2 Å².